The number of ether oxygens (including phenoxy) is 1. The van der Waals surface area contributed by atoms with Gasteiger partial charge in [0.25, 0.3) is 0 Å². The second-order valence-corrected chi connectivity index (χ2v) is 6.94. The number of benzene rings is 2. The third-order valence-corrected chi connectivity index (χ3v) is 4.86. The van der Waals surface area contributed by atoms with Crippen LogP contribution in [0.5, 0.6) is 5.75 Å². The Morgan fingerprint density at radius 2 is 1.85 bits per heavy atom. The van der Waals surface area contributed by atoms with Crippen molar-refractivity contribution in [3.05, 3.63) is 58.1 Å². The summed E-state index contributed by atoms with van der Waals surface area (Å²) in [5.74, 6) is -0.348. The molecule has 2 unspecified atom stereocenters. The molecule has 0 aromatic heterocycles. The Morgan fingerprint density at radius 1 is 1.12 bits per heavy atom. The molecule has 2 amide bonds. The summed E-state index contributed by atoms with van der Waals surface area (Å²) in [6, 6.07) is 12.3. The molecule has 1 saturated carbocycles. The van der Waals surface area contributed by atoms with Crippen molar-refractivity contribution in [1.82, 2.24) is 5.32 Å². The minimum absolute atomic E-state index is 0.145. The van der Waals surface area contributed by atoms with Crippen LogP contribution < -0.4 is 15.4 Å². The molecule has 0 bridgehead atoms. The van der Waals surface area contributed by atoms with Gasteiger partial charge < -0.3 is 15.4 Å². The van der Waals surface area contributed by atoms with Gasteiger partial charge in [0.15, 0.2) is 0 Å². The molecule has 5 nitrogen and oxygen atoms in total. The summed E-state index contributed by atoms with van der Waals surface area (Å²) < 4.78 is 5.26. The third kappa shape index (κ3) is 4.29. The highest BCUT2D eigenvalue weighted by Crippen LogP contribution is 2.40. The third-order valence-electron chi connectivity index (χ3n) is 4.30. The smallest absolute Gasteiger partial charge is 0.228 e. The van der Waals surface area contributed by atoms with Gasteiger partial charge in [-0.2, -0.15) is 0 Å². The number of halogens is 2. The van der Waals surface area contributed by atoms with Crippen molar-refractivity contribution < 1.29 is 14.3 Å². The normalized spacial score (nSPS) is 18.1. The maximum absolute atomic E-state index is 12.3. The van der Waals surface area contributed by atoms with Crippen molar-refractivity contribution in [2.24, 2.45) is 11.8 Å². The van der Waals surface area contributed by atoms with Crippen molar-refractivity contribution in [3.63, 3.8) is 0 Å². The van der Waals surface area contributed by atoms with E-state index in [0.29, 0.717) is 34.4 Å². The van der Waals surface area contributed by atoms with Gasteiger partial charge in [0.2, 0.25) is 11.8 Å². The molecule has 2 aromatic carbocycles. The highest BCUT2D eigenvalue weighted by molar-refractivity contribution is 6.35. The number of hydrogen-bond donors (Lipinski definition) is 2. The lowest BCUT2D eigenvalue weighted by molar-refractivity contribution is -0.125. The average molecular weight is 393 g/mol. The molecule has 1 aliphatic rings. The summed E-state index contributed by atoms with van der Waals surface area (Å²) in [5, 5.41) is 6.47. The summed E-state index contributed by atoms with van der Waals surface area (Å²) in [6.07, 6.45) is 0.516. The Hall–Kier alpha value is -2.24. The molecule has 0 saturated heterocycles. The zero-order valence-corrected chi connectivity index (χ0v) is 15.6. The number of para-hydroxylation sites is 1. The fourth-order valence-corrected chi connectivity index (χ4v) is 3.09. The predicted molar refractivity (Wildman–Crippen MR) is 102 cm³/mol. The number of methoxy groups -OCH3 is 1. The van der Waals surface area contributed by atoms with Crippen molar-refractivity contribution in [2.45, 2.75) is 13.0 Å². The minimum atomic E-state index is -0.359. The summed E-state index contributed by atoms with van der Waals surface area (Å²) in [5.41, 5.74) is 1.33. The lowest BCUT2D eigenvalue weighted by Crippen LogP contribution is -2.27. The standard InChI is InChI=1S/C19H18Cl2N2O3/c1-26-17-5-3-2-4-11(17)10-22-18(24)13-9-14(13)19(25)23-16-8-12(20)6-7-15(16)21/h2-8,13-14H,9-10H2,1H3,(H,22,24)(H,23,25). The summed E-state index contributed by atoms with van der Waals surface area (Å²) >= 11 is 12.0. The van der Waals surface area contributed by atoms with E-state index in [0.717, 1.165) is 5.56 Å². The zero-order chi connectivity index (χ0) is 18.7. The van der Waals surface area contributed by atoms with E-state index < -0.39 is 0 Å². The van der Waals surface area contributed by atoms with Crippen LogP contribution in [-0.4, -0.2) is 18.9 Å². The topological polar surface area (TPSA) is 67.4 Å². The molecule has 2 atom stereocenters. The molecule has 136 valence electrons. The van der Waals surface area contributed by atoms with E-state index in [1.165, 1.54) is 0 Å². The average Bonchev–Trinajstić information content (AvgIpc) is 3.44. The fourth-order valence-electron chi connectivity index (χ4n) is 2.76. The van der Waals surface area contributed by atoms with Crippen LogP contribution in [0, 0.1) is 11.8 Å². The first-order valence-electron chi connectivity index (χ1n) is 8.15. The summed E-state index contributed by atoms with van der Waals surface area (Å²) in [7, 11) is 1.59. The first-order valence-corrected chi connectivity index (χ1v) is 8.90. The molecule has 0 heterocycles. The van der Waals surface area contributed by atoms with Crippen LogP contribution in [0.15, 0.2) is 42.5 Å². The molecule has 0 radical (unpaired) electrons. The Labute approximate surface area is 161 Å². The van der Waals surface area contributed by atoms with Crippen molar-refractivity contribution >= 4 is 40.7 Å². The number of anilines is 1. The minimum Gasteiger partial charge on any atom is -0.496 e. The predicted octanol–water partition coefficient (Wildman–Crippen LogP) is 3.89. The van der Waals surface area contributed by atoms with Gasteiger partial charge in [-0.25, -0.2) is 0 Å². The van der Waals surface area contributed by atoms with Gasteiger partial charge in [-0.05, 0) is 30.7 Å². The second kappa shape index (κ2) is 7.98. The van der Waals surface area contributed by atoms with E-state index in [4.69, 9.17) is 27.9 Å². The lowest BCUT2D eigenvalue weighted by Gasteiger charge is -2.10. The van der Waals surface area contributed by atoms with Crippen molar-refractivity contribution in [2.75, 3.05) is 12.4 Å². The van der Waals surface area contributed by atoms with E-state index >= 15 is 0 Å². The van der Waals surface area contributed by atoms with Crippen LogP contribution in [-0.2, 0) is 16.1 Å². The molecule has 3 rings (SSSR count). The summed E-state index contributed by atoms with van der Waals surface area (Å²) in [6.45, 7) is 0.355. The molecule has 1 aliphatic carbocycles. The van der Waals surface area contributed by atoms with E-state index in [-0.39, 0.29) is 23.7 Å². The quantitative estimate of drug-likeness (QED) is 0.783. The lowest BCUT2D eigenvalue weighted by atomic mass is 10.2. The maximum atomic E-state index is 12.3. The number of carbonyl (C=O) groups is 2. The number of amides is 2. The van der Waals surface area contributed by atoms with Gasteiger partial charge in [-0.15, -0.1) is 0 Å². The molecular weight excluding hydrogens is 375 g/mol. The Bertz CT molecular complexity index is 841. The van der Waals surface area contributed by atoms with Gasteiger partial charge in [0.1, 0.15) is 5.75 Å². The highest BCUT2D eigenvalue weighted by Gasteiger charge is 2.48. The SMILES string of the molecule is COc1ccccc1CNC(=O)C1CC1C(=O)Nc1cc(Cl)ccc1Cl. The van der Waals surface area contributed by atoms with Gasteiger partial charge in [-0.3, -0.25) is 9.59 Å². The fraction of sp³-hybridized carbons (Fsp3) is 0.263. The number of hydrogen-bond acceptors (Lipinski definition) is 3. The Balaban J connectivity index is 1.53. The molecule has 2 N–H and O–H groups in total. The molecule has 7 heteroatoms. The van der Waals surface area contributed by atoms with E-state index in [2.05, 4.69) is 10.6 Å². The monoisotopic (exact) mass is 392 g/mol. The first kappa shape index (κ1) is 18.5. The van der Waals surface area contributed by atoms with Crippen molar-refractivity contribution in [1.29, 1.82) is 0 Å². The second-order valence-electron chi connectivity index (χ2n) is 6.09. The highest BCUT2D eigenvalue weighted by atomic mass is 35.5. The van der Waals surface area contributed by atoms with Gasteiger partial charge in [-0.1, -0.05) is 41.4 Å². The van der Waals surface area contributed by atoms with E-state index in [1.54, 1.807) is 25.3 Å². The van der Waals surface area contributed by atoms with E-state index in [9.17, 15) is 9.59 Å². The Kier molecular flexibility index (Phi) is 5.69. The largest absolute Gasteiger partial charge is 0.496 e. The summed E-state index contributed by atoms with van der Waals surface area (Å²) in [4.78, 5) is 24.6. The van der Waals surface area contributed by atoms with Crippen LogP contribution >= 0.6 is 23.2 Å². The van der Waals surface area contributed by atoms with Crippen molar-refractivity contribution in [3.8, 4) is 5.75 Å². The number of rotatable bonds is 6. The van der Waals surface area contributed by atoms with Crippen LogP contribution in [0.25, 0.3) is 0 Å². The molecular formula is C19H18Cl2N2O3. The van der Waals surface area contributed by atoms with Crippen LogP contribution in [0.3, 0.4) is 0 Å². The first-order chi connectivity index (χ1) is 12.5. The molecule has 0 spiro atoms. The Morgan fingerprint density at radius 3 is 2.62 bits per heavy atom. The maximum Gasteiger partial charge on any atom is 0.228 e. The van der Waals surface area contributed by atoms with Gasteiger partial charge >= 0.3 is 0 Å². The van der Waals surface area contributed by atoms with Gasteiger partial charge in [0, 0.05) is 17.1 Å². The molecule has 1 fully saturated rings. The molecule has 26 heavy (non-hydrogen) atoms. The van der Waals surface area contributed by atoms with Gasteiger partial charge in [0.05, 0.1) is 29.7 Å². The van der Waals surface area contributed by atoms with Crippen LogP contribution in [0.2, 0.25) is 10.0 Å². The number of carbonyl (C=O) groups excluding carboxylic acids is 2. The molecule has 2 aromatic rings. The van der Waals surface area contributed by atoms with Crippen LogP contribution in [0.1, 0.15) is 12.0 Å². The zero-order valence-electron chi connectivity index (χ0n) is 14.1. The molecule has 0 aliphatic heterocycles. The van der Waals surface area contributed by atoms with Crippen LogP contribution in [0.4, 0.5) is 5.69 Å². The number of nitrogens with one attached hydrogen (secondary N) is 2. The van der Waals surface area contributed by atoms with E-state index in [1.807, 2.05) is 24.3 Å².